The van der Waals surface area contributed by atoms with Gasteiger partial charge in [-0.05, 0) is 42.8 Å². The third-order valence-corrected chi connectivity index (χ3v) is 5.65. The Labute approximate surface area is 139 Å². The first-order valence-corrected chi connectivity index (χ1v) is 8.39. The zero-order valence-corrected chi connectivity index (χ0v) is 13.5. The van der Waals surface area contributed by atoms with E-state index < -0.39 is 11.9 Å². The molecule has 1 aliphatic carbocycles. The van der Waals surface area contributed by atoms with Crippen molar-refractivity contribution in [3.63, 3.8) is 0 Å². The molecule has 7 heteroatoms. The third-order valence-electron chi connectivity index (χ3n) is 4.18. The van der Waals surface area contributed by atoms with Crippen molar-refractivity contribution in [2.45, 2.75) is 18.8 Å². The highest BCUT2D eigenvalue weighted by molar-refractivity contribution is 7.71. The molecule has 0 spiro atoms. The Kier molecular flexibility index (Phi) is 3.21. The largest absolute Gasteiger partial charge is 0.481 e. The Bertz CT molecular complexity index is 1050. The number of rotatable bonds is 2. The summed E-state index contributed by atoms with van der Waals surface area (Å²) >= 11 is 6.78. The second-order valence-electron chi connectivity index (χ2n) is 5.48. The number of hydrogen-bond donors (Lipinski definition) is 2. The number of carbonyl (C=O) groups is 1. The van der Waals surface area contributed by atoms with E-state index in [1.54, 1.807) is 12.1 Å². The number of aromatic amines is 1. The molecular formula is C16H12N2O3S2. The molecule has 0 fully saturated rings. The first-order chi connectivity index (χ1) is 11.1. The molecular weight excluding hydrogens is 332 g/mol. The Morgan fingerprint density at radius 3 is 2.78 bits per heavy atom. The SMILES string of the molecule is O=C(O)[C@H]1CCc2sc3[nH]c(=S)n(-c4ccccc4)c(=O)c3c21. The number of nitrogens with one attached hydrogen (secondary N) is 1. The van der Waals surface area contributed by atoms with Gasteiger partial charge in [0.2, 0.25) is 0 Å². The Morgan fingerprint density at radius 1 is 1.35 bits per heavy atom. The predicted octanol–water partition coefficient (Wildman–Crippen LogP) is 3.22. The van der Waals surface area contributed by atoms with E-state index in [1.807, 2.05) is 18.2 Å². The number of aliphatic carboxylic acids is 1. The van der Waals surface area contributed by atoms with Crippen molar-refractivity contribution in [2.24, 2.45) is 0 Å². The van der Waals surface area contributed by atoms with Crippen LogP contribution in [0.5, 0.6) is 0 Å². The van der Waals surface area contributed by atoms with Gasteiger partial charge in [-0.3, -0.25) is 14.2 Å². The zero-order valence-electron chi connectivity index (χ0n) is 11.9. The lowest BCUT2D eigenvalue weighted by atomic mass is 10.0. The van der Waals surface area contributed by atoms with E-state index in [1.165, 1.54) is 15.9 Å². The van der Waals surface area contributed by atoms with Crippen LogP contribution in [0, 0.1) is 4.77 Å². The fraction of sp³-hybridized carbons (Fsp3) is 0.188. The second kappa shape index (κ2) is 5.14. The van der Waals surface area contributed by atoms with Crippen LogP contribution >= 0.6 is 23.6 Å². The molecule has 1 atom stereocenters. The minimum atomic E-state index is -0.878. The van der Waals surface area contributed by atoms with Crippen LogP contribution < -0.4 is 5.56 Å². The topological polar surface area (TPSA) is 75.1 Å². The fourth-order valence-corrected chi connectivity index (χ4v) is 4.80. The molecule has 1 aromatic carbocycles. The van der Waals surface area contributed by atoms with Gasteiger partial charge in [-0.15, -0.1) is 11.3 Å². The van der Waals surface area contributed by atoms with Gasteiger partial charge in [0.1, 0.15) is 4.83 Å². The van der Waals surface area contributed by atoms with Gasteiger partial charge in [0.05, 0.1) is 17.0 Å². The molecule has 2 N–H and O–H groups in total. The molecule has 0 amide bonds. The average molecular weight is 344 g/mol. The molecule has 116 valence electrons. The third kappa shape index (κ3) is 2.08. The van der Waals surface area contributed by atoms with Crippen molar-refractivity contribution < 1.29 is 9.90 Å². The quantitative estimate of drug-likeness (QED) is 0.700. The summed E-state index contributed by atoms with van der Waals surface area (Å²) in [6, 6.07) is 9.14. The summed E-state index contributed by atoms with van der Waals surface area (Å²) < 4.78 is 1.75. The maximum absolute atomic E-state index is 13.0. The molecule has 0 saturated carbocycles. The lowest BCUT2D eigenvalue weighted by Crippen LogP contribution is -2.21. The van der Waals surface area contributed by atoms with E-state index in [0.717, 1.165) is 4.88 Å². The average Bonchev–Trinajstić information content (AvgIpc) is 3.06. The molecule has 0 bridgehead atoms. The van der Waals surface area contributed by atoms with Gasteiger partial charge in [0.25, 0.3) is 5.56 Å². The van der Waals surface area contributed by atoms with E-state index in [4.69, 9.17) is 12.2 Å². The number of benzene rings is 1. The molecule has 0 saturated heterocycles. The Hall–Kier alpha value is -2.25. The van der Waals surface area contributed by atoms with Crippen molar-refractivity contribution in [1.29, 1.82) is 0 Å². The number of nitrogens with zero attached hydrogens (tertiary/aromatic N) is 1. The van der Waals surface area contributed by atoms with Crippen LogP contribution in [0.15, 0.2) is 35.1 Å². The summed E-state index contributed by atoms with van der Waals surface area (Å²) in [4.78, 5) is 29.3. The number of aromatic nitrogens is 2. The number of aryl methyl sites for hydroxylation is 1. The van der Waals surface area contributed by atoms with Gasteiger partial charge >= 0.3 is 5.97 Å². The van der Waals surface area contributed by atoms with Crippen LogP contribution in [0.2, 0.25) is 0 Å². The van der Waals surface area contributed by atoms with Crippen LogP contribution in [0.25, 0.3) is 15.9 Å². The maximum Gasteiger partial charge on any atom is 0.311 e. The number of carboxylic acids is 1. The first kappa shape index (κ1) is 14.3. The Morgan fingerprint density at radius 2 is 2.09 bits per heavy atom. The minimum absolute atomic E-state index is 0.249. The van der Waals surface area contributed by atoms with Crippen LogP contribution in [-0.4, -0.2) is 20.6 Å². The summed E-state index contributed by atoms with van der Waals surface area (Å²) in [5, 5.41) is 9.90. The molecule has 3 aromatic rings. The van der Waals surface area contributed by atoms with E-state index in [0.29, 0.717) is 39.1 Å². The number of thiophene rings is 1. The number of para-hydroxylation sites is 1. The highest BCUT2D eigenvalue weighted by Crippen LogP contribution is 2.42. The predicted molar refractivity (Wildman–Crippen MR) is 91.3 cm³/mol. The van der Waals surface area contributed by atoms with Crippen LogP contribution in [0.3, 0.4) is 0 Å². The lowest BCUT2D eigenvalue weighted by Gasteiger charge is -2.08. The standard InChI is InChI=1S/C16H12N2O3S2/c19-14-12-11-9(15(20)21)6-7-10(11)23-13(12)17-16(22)18(14)8-4-2-1-3-5-8/h1-5,9H,6-7H2,(H,17,22)(H,20,21)/t9-/m0/s1. The number of hydrogen-bond acceptors (Lipinski definition) is 4. The molecule has 5 nitrogen and oxygen atoms in total. The summed E-state index contributed by atoms with van der Waals surface area (Å²) in [6.45, 7) is 0. The van der Waals surface area contributed by atoms with E-state index in [-0.39, 0.29) is 5.56 Å². The summed E-state index contributed by atoms with van der Waals surface area (Å²) in [6.07, 6.45) is 1.24. The van der Waals surface area contributed by atoms with Gasteiger partial charge in [0, 0.05) is 4.88 Å². The molecule has 0 unspecified atom stereocenters. The minimum Gasteiger partial charge on any atom is -0.481 e. The van der Waals surface area contributed by atoms with Crippen molar-refractivity contribution in [3.8, 4) is 5.69 Å². The number of fused-ring (bicyclic) bond motifs is 3. The number of H-pyrrole nitrogens is 1. The highest BCUT2D eigenvalue weighted by atomic mass is 32.1. The molecule has 23 heavy (non-hydrogen) atoms. The van der Waals surface area contributed by atoms with Crippen molar-refractivity contribution in [1.82, 2.24) is 9.55 Å². The second-order valence-corrected chi connectivity index (χ2v) is 6.97. The van der Waals surface area contributed by atoms with Crippen LogP contribution in [0.1, 0.15) is 22.8 Å². The normalized spacial score (nSPS) is 16.6. The Balaban J connectivity index is 2.09. The van der Waals surface area contributed by atoms with Crippen LogP contribution in [-0.2, 0) is 11.2 Å². The maximum atomic E-state index is 13.0. The van der Waals surface area contributed by atoms with Crippen molar-refractivity contribution >= 4 is 39.7 Å². The van der Waals surface area contributed by atoms with E-state index in [9.17, 15) is 14.7 Å². The summed E-state index contributed by atoms with van der Waals surface area (Å²) in [5.41, 5.74) is 1.09. The smallest absolute Gasteiger partial charge is 0.311 e. The first-order valence-electron chi connectivity index (χ1n) is 7.16. The van der Waals surface area contributed by atoms with Crippen LogP contribution in [0.4, 0.5) is 0 Å². The molecule has 2 aromatic heterocycles. The zero-order chi connectivity index (χ0) is 16.1. The molecule has 0 radical (unpaired) electrons. The monoisotopic (exact) mass is 344 g/mol. The van der Waals surface area contributed by atoms with Gasteiger partial charge in [-0.1, -0.05) is 18.2 Å². The van der Waals surface area contributed by atoms with E-state index >= 15 is 0 Å². The molecule has 4 rings (SSSR count). The van der Waals surface area contributed by atoms with Crippen molar-refractivity contribution in [3.05, 3.63) is 55.9 Å². The summed E-state index contributed by atoms with van der Waals surface area (Å²) in [7, 11) is 0. The summed E-state index contributed by atoms with van der Waals surface area (Å²) in [5.74, 6) is -1.49. The molecule has 2 heterocycles. The van der Waals surface area contributed by atoms with Gasteiger partial charge in [-0.25, -0.2) is 0 Å². The number of carboxylic acid groups (broad SMARTS) is 1. The fourth-order valence-electron chi connectivity index (χ4n) is 3.18. The van der Waals surface area contributed by atoms with Gasteiger partial charge in [0.15, 0.2) is 4.77 Å². The highest BCUT2D eigenvalue weighted by Gasteiger charge is 2.34. The molecule has 0 aliphatic heterocycles. The van der Waals surface area contributed by atoms with Crippen molar-refractivity contribution in [2.75, 3.05) is 0 Å². The van der Waals surface area contributed by atoms with Gasteiger partial charge in [-0.2, -0.15) is 0 Å². The molecule has 1 aliphatic rings. The lowest BCUT2D eigenvalue weighted by molar-refractivity contribution is -0.138. The van der Waals surface area contributed by atoms with Gasteiger partial charge < -0.3 is 10.1 Å². The van der Waals surface area contributed by atoms with E-state index in [2.05, 4.69) is 4.98 Å².